The van der Waals surface area contributed by atoms with E-state index in [0.717, 1.165) is 18.0 Å². The van der Waals surface area contributed by atoms with E-state index in [1.807, 2.05) is 6.20 Å². The number of hydrogen-bond acceptors (Lipinski definition) is 1. The monoisotopic (exact) mass is 176 g/mol. The Kier molecular flexibility index (Phi) is 1.69. The lowest BCUT2D eigenvalue weighted by atomic mass is 9.96. The Balaban J connectivity index is 1.68. The molecule has 2 N–H and O–H groups in total. The van der Waals surface area contributed by atoms with Crippen LogP contribution in [0.4, 0.5) is 0 Å². The van der Waals surface area contributed by atoms with E-state index in [4.69, 9.17) is 0 Å². The van der Waals surface area contributed by atoms with Crippen LogP contribution < -0.4 is 5.32 Å². The van der Waals surface area contributed by atoms with E-state index in [-0.39, 0.29) is 0 Å². The van der Waals surface area contributed by atoms with Gasteiger partial charge in [-0.1, -0.05) is 0 Å². The summed E-state index contributed by atoms with van der Waals surface area (Å²) in [5, 5.41) is 3.71. The third kappa shape index (κ3) is 1.29. The van der Waals surface area contributed by atoms with E-state index >= 15 is 0 Å². The van der Waals surface area contributed by atoms with Crippen LogP contribution >= 0.6 is 0 Å². The lowest BCUT2D eigenvalue weighted by Gasteiger charge is -2.22. The van der Waals surface area contributed by atoms with Crippen molar-refractivity contribution < 1.29 is 0 Å². The van der Waals surface area contributed by atoms with Crippen LogP contribution in [-0.4, -0.2) is 17.1 Å². The molecule has 3 rings (SSSR count). The van der Waals surface area contributed by atoms with Crippen LogP contribution in [0.25, 0.3) is 0 Å². The maximum absolute atomic E-state index is 3.71. The molecule has 2 nitrogen and oxygen atoms in total. The molecule has 2 heteroatoms. The first-order valence-corrected chi connectivity index (χ1v) is 5.30. The fourth-order valence-electron chi connectivity index (χ4n) is 2.93. The van der Waals surface area contributed by atoms with Gasteiger partial charge < -0.3 is 10.3 Å². The van der Waals surface area contributed by atoms with Gasteiger partial charge in [-0.3, -0.25) is 0 Å². The van der Waals surface area contributed by atoms with E-state index < -0.39 is 0 Å². The van der Waals surface area contributed by atoms with Gasteiger partial charge >= 0.3 is 0 Å². The molecule has 3 atom stereocenters. The maximum Gasteiger partial charge on any atom is 0.0162 e. The van der Waals surface area contributed by atoms with Crippen molar-refractivity contribution in [1.82, 2.24) is 10.3 Å². The normalized spacial score (nSPS) is 37.1. The second kappa shape index (κ2) is 2.88. The van der Waals surface area contributed by atoms with Crippen molar-refractivity contribution >= 4 is 0 Å². The average Bonchev–Trinajstić information content (AvgIpc) is 2.77. The van der Waals surface area contributed by atoms with Crippen molar-refractivity contribution in [1.29, 1.82) is 0 Å². The van der Waals surface area contributed by atoms with Gasteiger partial charge in [0.25, 0.3) is 0 Å². The maximum atomic E-state index is 3.71. The zero-order valence-corrected chi connectivity index (χ0v) is 7.79. The largest absolute Gasteiger partial charge is 0.365 e. The van der Waals surface area contributed by atoms with Gasteiger partial charge in [0.1, 0.15) is 0 Å². The van der Waals surface area contributed by atoms with Gasteiger partial charge in [-0.15, -0.1) is 0 Å². The van der Waals surface area contributed by atoms with Gasteiger partial charge in [0.15, 0.2) is 0 Å². The zero-order chi connectivity index (χ0) is 8.67. The molecule has 1 aromatic rings. The molecule has 0 amide bonds. The highest BCUT2D eigenvalue weighted by atomic mass is 15.0. The minimum Gasteiger partial charge on any atom is -0.365 e. The molecule has 13 heavy (non-hydrogen) atoms. The minimum absolute atomic E-state index is 0.748. The Labute approximate surface area is 78.7 Å². The molecule has 1 saturated heterocycles. The third-order valence-electron chi connectivity index (χ3n) is 3.59. The summed E-state index contributed by atoms with van der Waals surface area (Å²) < 4.78 is 0. The molecule has 1 aliphatic heterocycles. The molecule has 0 spiro atoms. The lowest BCUT2D eigenvalue weighted by Crippen LogP contribution is -2.37. The predicted octanol–water partition coefficient (Wildman–Crippen LogP) is 1.70. The van der Waals surface area contributed by atoms with Gasteiger partial charge in [-0.05, 0) is 37.3 Å². The summed E-state index contributed by atoms with van der Waals surface area (Å²) in [6.45, 7) is 0. The van der Waals surface area contributed by atoms with Gasteiger partial charge in [0.2, 0.25) is 0 Å². The second-order valence-electron chi connectivity index (χ2n) is 4.44. The van der Waals surface area contributed by atoms with E-state index in [1.165, 1.54) is 31.4 Å². The Hall–Kier alpha value is -0.760. The molecule has 3 unspecified atom stereocenters. The van der Waals surface area contributed by atoms with Crippen LogP contribution in [0.1, 0.15) is 25.0 Å². The van der Waals surface area contributed by atoms with Crippen LogP contribution in [-0.2, 0) is 6.42 Å². The van der Waals surface area contributed by atoms with Gasteiger partial charge in [-0.25, -0.2) is 0 Å². The highest BCUT2D eigenvalue weighted by molar-refractivity contribution is 5.09. The van der Waals surface area contributed by atoms with Crippen molar-refractivity contribution in [3.63, 3.8) is 0 Å². The number of hydrogen-bond donors (Lipinski definition) is 2. The molecule has 2 aliphatic rings. The third-order valence-corrected chi connectivity index (χ3v) is 3.59. The van der Waals surface area contributed by atoms with Crippen LogP contribution in [0.2, 0.25) is 0 Å². The Morgan fingerprint density at radius 1 is 1.38 bits per heavy atom. The minimum atomic E-state index is 0.748. The van der Waals surface area contributed by atoms with Crippen molar-refractivity contribution in [2.24, 2.45) is 5.92 Å². The van der Waals surface area contributed by atoms with Crippen LogP contribution in [0, 0.1) is 5.92 Å². The smallest absolute Gasteiger partial charge is 0.0162 e. The number of aromatic nitrogens is 1. The molecule has 1 saturated carbocycles. The molecule has 2 fully saturated rings. The topological polar surface area (TPSA) is 27.8 Å². The van der Waals surface area contributed by atoms with Gasteiger partial charge in [0, 0.05) is 30.4 Å². The summed E-state index contributed by atoms with van der Waals surface area (Å²) >= 11 is 0. The van der Waals surface area contributed by atoms with E-state index in [1.54, 1.807) is 0 Å². The summed E-state index contributed by atoms with van der Waals surface area (Å²) in [5.74, 6) is 0.952. The molecular weight excluding hydrogens is 160 g/mol. The molecule has 2 heterocycles. The summed E-state index contributed by atoms with van der Waals surface area (Å²) in [6, 6.07) is 5.86. The van der Waals surface area contributed by atoms with Crippen molar-refractivity contribution in [2.75, 3.05) is 0 Å². The summed E-state index contributed by atoms with van der Waals surface area (Å²) in [6.07, 6.45) is 7.48. The number of fused-ring (bicyclic) bond motifs is 2. The van der Waals surface area contributed by atoms with Gasteiger partial charge in [0.05, 0.1) is 0 Å². The van der Waals surface area contributed by atoms with Crippen molar-refractivity contribution in [3.8, 4) is 0 Å². The fourth-order valence-corrected chi connectivity index (χ4v) is 2.93. The highest BCUT2D eigenvalue weighted by Gasteiger charge is 2.38. The Morgan fingerprint density at radius 3 is 3.00 bits per heavy atom. The Morgan fingerprint density at radius 2 is 2.38 bits per heavy atom. The van der Waals surface area contributed by atoms with E-state index in [0.29, 0.717) is 0 Å². The molecule has 1 aromatic heterocycles. The first-order valence-electron chi connectivity index (χ1n) is 5.30. The van der Waals surface area contributed by atoms with Gasteiger partial charge in [-0.2, -0.15) is 0 Å². The first-order chi connectivity index (χ1) is 6.42. The van der Waals surface area contributed by atoms with Crippen LogP contribution in [0.3, 0.4) is 0 Å². The molecular formula is C11H16N2. The van der Waals surface area contributed by atoms with Crippen molar-refractivity contribution in [3.05, 3.63) is 24.0 Å². The number of nitrogens with one attached hydrogen (secondary N) is 2. The highest BCUT2D eigenvalue weighted by Crippen LogP contribution is 2.36. The van der Waals surface area contributed by atoms with Crippen LogP contribution in [0.15, 0.2) is 18.3 Å². The van der Waals surface area contributed by atoms with Crippen molar-refractivity contribution in [2.45, 2.75) is 37.8 Å². The molecule has 0 aromatic carbocycles. The van der Waals surface area contributed by atoms with E-state index in [9.17, 15) is 0 Å². The number of H-pyrrole nitrogens is 1. The quantitative estimate of drug-likeness (QED) is 0.705. The number of rotatable bonds is 2. The fraction of sp³-hybridized carbons (Fsp3) is 0.636. The predicted molar refractivity (Wildman–Crippen MR) is 52.5 cm³/mol. The standard InChI is InChI=1S/C11H16N2/c1-2-9(12-5-1)7-11-8-3-4-10(6-8)13-11/h1-2,5,8,10-13H,3-4,6-7H2. The SMILES string of the molecule is c1c[nH]c(CC2NC3CCC2C3)c1. The number of aromatic amines is 1. The summed E-state index contributed by atoms with van der Waals surface area (Å²) in [5.41, 5.74) is 1.38. The molecule has 2 bridgehead atoms. The molecule has 70 valence electrons. The summed E-state index contributed by atoms with van der Waals surface area (Å²) in [4.78, 5) is 3.28. The summed E-state index contributed by atoms with van der Waals surface area (Å²) in [7, 11) is 0. The zero-order valence-electron chi connectivity index (χ0n) is 7.79. The average molecular weight is 176 g/mol. The molecule has 1 aliphatic carbocycles. The first kappa shape index (κ1) is 7.63. The molecule has 0 radical (unpaired) electrons. The second-order valence-corrected chi connectivity index (χ2v) is 4.44. The lowest BCUT2D eigenvalue weighted by molar-refractivity contribution is 0.378. The van der Waals surface area contributed by atoms with Crippen LogP contribution in [0.5, 0.6) is 0 Å². The Bertz CT molecular complexity index is 278. The van der Waals surface area contributed by atoms with E-state index in [2.05, 4.69) is 22.4 Å². The number of piperidine rings is 1.